The topological polar surface area (TPSA) is 22.8 Å². The van der Waals surface area contributed by atoms with Crippen molar-refractivity contribution in [1.29, 1.82) is 0 Å². The van der Waals surface area contributed by atoms with Crippen LogP contribution in [0.15, 0.2) is 188 Å². The fraction of sp³-hybridized carbons (Fsp3) is 0. The second-order valence-corrected chi connectivity index (χ2v) is 14.3. The van der Waals surface area contributed by atoms with Crippen molar-refractivity contribution < 1.29 is 0 Å². The third kappa shape index (κ3) is 4.09. The number of hydrogen-bond acceptors (Lipinski definition) is 1. The molecule has 3 nitrogen and oxygen atoms in total. The van der Waals surface area contributed by atoms with Crippen LogP contribution in [-0.4, -0.2) is 14.1 Å². The van der Waals surface area contributed by atoms with Crippen LogP contribution in [0.3, 0.4) is 0 Å². The van der Waals surface area contributed by atoms with E-state index in [1.54, 1.807) is 0 Å². The predicted molar refractivity (Wildman–Crippen MR) is 226 cm³/mol. The van der Waals surface area contributed by atoms with Gasteiger partial charge >= 0.3 is 0 Å². The van der Waals surface area contributed by atoms with E-state index in [2.05, 4.69) is 185 Å². The monoisotopic (exact) mass is 685 g/mol. The van der Waals surface area contributed by atoms with Crippen molar-refractivity contribution in [2.45, 2.75) is 0 Å². The van der Waals surface area contributed by atoms with Gasteiger partial charge in [-0.3, -0.25) is 4.98 Å². The van der Waals surface area contributed by atoms with Crippen molar-refractivity contribution in [3.8, 4) is 56.0 Å². The molecule has 1 aliphatic carbocycles. The Labute approximate surface area is 311 Å². The molecule has 0 aliphatic heterocycles. The van der Waals surface area contributed by atoms with Crippen LogP contribution in [0.4, 0.5) is 0 Å². The summed E-state index contributed by atoms with van der Waals surface area (Å²) in [4.78, 5) is 4.80. The van der Waals surface area contributed by atoms with E-state index < -0.39 is 0 Å². The molecule has 8 aromatic carbocycles. The summed E-state index contributed by atoms with van der Waals surface area (Å²) < 4.78 is 4.83. The highest BCUT2D eigenvalue weighted by atomic mass is 15.0. The van der Waals surface area contributed by atoms with E-state index in [0.29, 0.717) is 0 Å². The minimum absolute atomic E-state index is 0.969. The maximum Gasteiger partial charge on any atom is 0.0702 e. The molecule has 12 rings (SSSR count). The molecule has 0 unspecified atom stereocenters. The summed E-state index contributed by atoms with van der Waals surface area (Å²) in [7, 11) is 0. The summed E-state index contributed by atoms with van der Waals surface area (Å²) in [6.07, 6.45) is 1.88. The van der Waals surface area contributed by atoms with Crippen LogP contribution in [0.5, 0.6) is 0 Å². The van der Waals surface area contributed by atoms with Crippen molar-refractivity contribution in [3.63, 3.8) is 0 Å². The molecule has 1 aliphatic rings. The van der Waals surface area contributed by atoms with E-state index in [0.717, 1.165) is 22.6 Å². The van der Waals surface area contributed by atoms with E-state index in [4.69, 9.17) is 4.98 Å². The lowest BCUT2D eigenvalue weighted by molar-refractivity contribution is 1.18. The van der Waals surface area contributed by atoms with E-state index in [-0.39, 0.29) is 0 Å². The molecule has 250 valence electrons. The van der Waals surface area contributed by atoms with Crippen molar-refractivity contribution >= 4 is 54.4 Å². The van der Waals surface area contributed by atoms with Gasteiger partial charge in [-0.05, 0) is 111 Å². The van der Waals surface area contributed by atoms with Gasteiger partial charge in [0.2, 0.25) is 0 Å². The maximum absolute atomic E-state index is 4.80. The zero-order chi connectivity index (χ0) is 35.3. The number of hydrogen-bond donors (Lipinski definition) is 0. The van der Waals surface area contributed by atoms with Gasteiger partial charge in [0.15, 0.2) is 0 Å². The van der Waals surface area contributed by atoms with Crippen LogP contribution in [0.25, 0.3) is 110 Å². The zero-order valence-electron chi connectivity index (χ0n) is 29.2. The number of nitrogens with zero attached hydrogens (tertiary/aromatic N) is 3. The molecule has 0 saturated carbocycles. The fourth-order valence-electron chi connectivity index (χ4n) is 9.16. The molecular weight excluding hydrogens is 655 g/mol. The van der Waals surface area contributed by atoms with E-state index >= 15 is 0 Å². The summed E-state index contributed by atoms with van der Waals surface area (Å²) in [5.74, 6) is 0. The number of aromatic nitrogens is 3. The van der Waals surface area contributed by atoms with Gasteiger partial charge in [0.25, 0.3) is 0 Å². The lowest BCUT2D eigenvalue weighted by Crippen LogP contribution is -1.96. The minimum Gasteiger partial charge on any atom is -0.309 e. The first-order valence-corrected chi connectivity index (χ1v) is 18.5. The second kappa shape index (κ2) is 11.1. The quantitative estimate of drug-likeness (QED) is 0.181. The van der Waals surface area contributed by atoms with Gasteiger partial charge in [0.05, 0.1) is 27.8 Å². The number of benzene rings is 8. The zero-order valence-corrected chi connectivity index (χ0v) is 29.2. The van der Waals surface area contributed by atoms with E-state index in [1.807, 2.05) is 12.3 Å². The predicted octanol–water partition coefficient (Wildman–Crippen LogP) is 13.4. The molecule has 0 N–H and O–H groups in total. The average Bonchev–Trinajstić information content (AvgIpc) is 3.72. The van der Waals surface area contributed by atoms with Gasteiger partial charge in [-0.15, -0.1) is 0 Å². The Balaban J connectivity index is 1.04. The molecule has 0 amide bonds. The third-order valence-corrected chi connectivity index (χ3v) is 11.5. The average molecular weight is 686 g/mol. The molecular formula is C51H31N3. The third-order valence-electron chi connectivity index (χ3n) is 11.5. The number of fused-ring (bicyclic) bond motifs is 6. The molecule has 3 heteroatoms. The second-order valence-electron chi connectivity index (χ2n) is 14.3. The SMILES string of the molecule is c1ccc(-c2cc3c4c5c6c(cccc6ccc5n(-c5ccc(-c6ccc(-n7c8ccccc8c8ccccc87)cc6)cc5)c4c2)-c2ccccc2-3)nc1. The Kier molecular flexibility index (Phi) is 6.05. The van der Waals surface area contributed by atoms with E-state index in [9.17, 15) is 0 Å². The van der Waals surface area contributed by atoms with Gasteiger partial charge in [-0.2, -0.15) is 0 Å². The smallest absolute Gasteiger partial charge is 0.0702 e. The van der Waals surface area contributed by atoms with Gasteiger partial charge in [-0.1, -0.05) is 115 Å². The Morgan fingerprint density at radius 2 is 0.926 bits per heavy atom. The largest absolute Gasteiger partial charge is 0.309 e. The number of rotatable bonds is 4. The van der Waals surface area contributed by atoms with Crippen LogP contribution in [0.1, 0.15) is 0 Å². The Bertz CT molecular complexity index is 3240. The first-order valence-electron chi connectivity index (χ1n) is 18.5. The molecule has 3 aromatic heterocycles. The van der Waals surface area contributed by atoms with Crippen LogP contribution in [0.2, 0.25) is 0 Å². The molecule has 0 radical (unpaired) electrons. The van der Waals surface area contributed by atoms with Gasteiger partial charge < -0.3 is 9.13 Å². The summed E-state index contributed by atoms with van der Waals surface area (Å²) in [5.41, 5.74) is 16.6. The van der Waals surface area contributed by atoms with Crippen LogP contribution < -0.4 is 0 Å². The highest BCUT2D eigenvalue weighted by Crippen LogP contribution is 2.50. The maximum atomic E-state index is 4.80. The lowest BCUT2D eigenvalue weighted by Gasteiger charge is -2.15. The summed E-state index contributed by atoms with van der Waals surface area (Å²) >= 11 is 0. The van der Waals surface area contributed by atoms with Crippen LogP contribution in [-0.2, 0) is 0 Å². The van der Waals surface area contributed by atoms with Crippen LogP contribution >= 0.6 is 0 Å². The lowest BCUT2D eigenvalue weighted by atomic mass is 9.92. The van der Waals surface area contributed by atoms with Crippen molar-refractivity contribution in [2.75, 3.05) is 0 Å². The fourth-order valence-corrected chi connectivity index (χ4v) is 9.16. The highest BCUT2D eigenvalue weighted by Gasteiger charge is 2.26. The molecule has 11 aromatic rings. The normalized spacial score (nSPS) is 12.1. The van der Waals surface area contributed by atoms with Crippen LogP contribution in [0, 0.1) is 0 Å². The van der Waals surface area contributed by atoms with Gasteiger partial charge in [0.1, 0.15) is 0 Å². The Hall–Kier alpha value is -7.23. The Morgan fingerprint density at radius 1 is 0.333 bits per heavy atom. The number of para-hydroxylation sites is 2. The first-order chi connectivity index (χ1) is 26.8. The molecule has 0 saturated heterocycles. The minimum atomic E-state index is 0.969. The van der Waals surface area contributed by atoms with Crippen molar-refractivity contribution in [3.05, 3.63) is 188 Å². The van der Waals surface area contributed by atoms with Gasteiger partial charge in [-0.25, -0.2) is 0 Å². The molecule has 0 atom stereocenters. The summed E-state index contributed by atoms with van der Waals surface area (Å²) in [5, 5.41) is 7.72. The number of pyridine rings is 1. The molecule has 0 bridgehead atoms. The molecule has 54 heavy (non-hydrogen) atoms. The molecule has 3 heterocycles. The van der Waals surface area contributed by atoms with Gasteiger partial charge in [0, 0.05) is 44.7 Å². The standard InChI is InChI=1S/C51H31N3/c1-2-12-39-38(11-1)42-15-9-10-34-23-28-47-51(49(34)42)50-43(39)30-35(44-16-7-8-29-52-44)31-48(50)54(47)37-26-21-33(22-27-37)32-19-24-36(25-20-32)53-45-17-5-3-13-40(45)41-14-4-6-18-46(41)53/h1-31H. The Morgan fingerprint density at radius 3 is 1.59 bits per heavy atom. The molecule has 0 fully saturated rings. The molecule has 0 spiro atoms. The van der Waals surface area contributed by atoms with Crippen molar-refractivity contribution in [2.24, 2.45) is 0 Å². The van der Waals surface area contributed by atoms with E-state index in [1.165, 1.54) is 87.8 Å². The highest BCUT2D eigenvalue weighted by molar-refractivity contribution is 6.30. The van der Waals surface area contributed by atoms with Crippen molar-refractivity contribution in [1.82, 2.24) is 14.1 Å². The summed E-state index contributed by atoms with van der Waals surface area (Å²) in [6.45, 7) is 0. The summed E-state index contributed by atoms with van der Waals surface area (Å²) in [6, 6.07) is 66.5. The first kappa shape index (κ1) is 29.4.